The van der Waals surface area contributed by atoms with Gasteiger partial charge in [-0.25, -0.2) is 4.79 Å². The normalized spacial score (nSPS) is 22.6. The standard InChI is InChI=1S/C15H23N5O/c1-8-5-3-4-6-11(8)20-12(14(17)19-15(20)21)10-7-9(2)18-13(10)16/h7-8,11,18H,3-6,16-17H2,1-2H3,(H,19,21). The Morgan fingerprint density at radius 2 is 1.90 bits per heavy atom. The van der Waals surface area contributed by atoms with Crippen LogP contribution in [-0.2, 0) is 0 Å². The van der Waals surface area contributed by atoms with Crippen LogP contribution in [0.2, 0.25) is 0 Å². The van der Waals surface area contributed by atoms with Gasteiger partial charge in [0.1, 0.15) is 11.6 Å². The van der Waals surface area contributed by atoms with Crippen LogP contribution in [0.25, 0.3) is 11.3 Å². The second kappa shape index (κ2) is 5.02. The molecule has 21 heavy (non-hydrogen) atoms. The Balaban J connectivity index is 2.17. The van der Waals surface area contributed by atoms with Gasteiger partial charge in [-0.3, -0.25) is 9.55 Å². The number of hydrogen-bond donors (Lipinski definition) is 4. The molecule has 6 nitrogen and oxygen atoms in total. The van der Waals surface area contributed by atoms with Crippen LogP contribution in [0.5, 0.6) is 0 Å². The van der Waals surface area contributed by atoms with E-state index < -0.39 is 0 Å². The number of aryl methyl sites for hydroxylation is 1. The van der Waals surface area contributed by atoms with E-state index in [0.29, 0.717) is 17.6 Å². The number of imidazole rings is 1. The molecule has 6 heteroatoms. The lowest BCUT2D eigenvalue weighted by Gasteiger charge is -2.30. The Labute approximate surface area is 123 Å². The van der Waals surface area contributed by atoms with Crippen LogP contribution in [0.1, 0.15) is 44.3 Å². The minimum atomic E-state index is -0.139. The van der Waals surface area contributed by atoms with Crippen LogP contribution in [0.15, 0.2) is 10.9 Å². The van der Waals surface area contributed by atoms with Crippen molar-refractivity contribution in [2.45, 2.75) is 45.6 Å². The molecule has 1 fully saturated rings. The summed E-state index contributed by atoms with van der Waals surface area (Å²) >= 11 is 0. The van der Waals surface area contributed by atoms with Gasteiger partial charge in [0.15, 0.2) is 0 Å². The molecule has 2 atom stereocenters. The number of aromatic nitrogens is 3. The molecular weight excluding hydrogens is 266 g/mol. The molecule has 6 N–H and O–H groups in total. The predicted molar refractivity (Wildman–Crippen MR) is 85.1 cm³/mol. The zero-order valence-electron chi connectivity index (χ0n) is 12.6. The molecular formula is C15H23N5O. The number of rotatable bonds is 2. The summed E-state index contributed by atoms with van der Waals surface area (Å²) in [5.41, 5.74) is 14.5. The van der Waals surface area contributed by atoms with E-state index in [2.05, 4.69) is 16.9 Å². The maximum absolute atomic E-state index is 12.4. The maximum atomic E-state index is 12.4. The molecule has 0 saturated heterocycles. The first-order chi connectivity index (χ1) is 9.99. The second-order valence-corrected chi connectivity index (χ2v) is 6.17. The molecule has 1 aliphatic carbocycles. The fourth-order valence-corrected chi connectivity index (χ4v) is 3.54. The highest BCUT2D eigenvalue weighted by Gasteiger charge is 2.29. The summed E-state index contributed by atoms with van der Waals surface area (Å²) in [4.78, 5) is 18.2. The molecule has 3 rings (SSSR count). The minimum absolute atomic E-state index is 0.139. The first-order valence-corrected chi connectivity index (χ1v) is 7.54. The Hall–Kier alpha value is -2.11. The molecule has 2 heterocycles. The maximum Gasteiger partial charge on any atom is 0.327 e. The highest BCUT2D eigenvalue weighted by atomic mass is 16.1. The smallest absolute Gasteiger partial charge is 0.327 e. The van der Waals surface area contributed by atoms with Crippen LogP contribution >= 0.6 is 0 Å². The van der Waals surface area contributed by atoms with Gasteiger partial charge in [-0.15, -0.1) is 0 Å². The minimum Gasteiger partial charge on any atom is -0.385 e. The van der Waals surface area contributed by atoms with Crippen LogP contribution in [-0.4, -0.2) is 14.5 Å². The highest BCUT2D eigenvalue weighted by Crippen LogP contribution is 2.38. The topological polar surface area (TPSA) is 106 Å². The molecule has 0 spiro atoms. The van der Waals surface area contributed by atoms with Crippen molar-refractivity contribution < 1.29 is 0 Å². The van der Waals surface area contributed by atoms with Crippen LogP contribution < -0.4 is 17.2 Å². The van der Waals surface area contributed by atoms with Gasteiger partial charge in [-0.2, -0.15) is 0 Å². The first-order valence-electron chi connectivity index (χ1n) is 7.54. The lowest BCUT2D eigenvalue weighted by Crippen LogP contribution is -2.29. The third-order valence-electron chi connectivity index (χ3n) is 4.59. The van der Waals surface area contributed by atoms with Gasteiger partial charge < -0.3 is 16.5 Å². The molecule has 2 aromatic heterocycles. The van der Waals surface area contributed by atoms with Crippen molar-refractivity contribution in [2.24, 2.45) is 5.92 Å². The van der Waals surface area contributed by atoms with Crippen LogP contribution in [0.3, 0.4) is 0 Å². The van der Waals surface area contributed by atoms with Crippen molar-refractivity contribution >= 4 is 11.6 Å². The van der Waals surface area contributed by atoms with Gasteiger partial charge in [0.25, 0.3) is 0 Å². The molecule has 0 radical (unpaired) electrons. The fraction of sp³-hybridized carbons (Fsp3) is 0.533. The van der Waals surface area contributed by atoms with E-state index in [1.54, 1.807) is 0 Å². The largest absolute Gasteiger partial charge is 0.385 e. The number of nitrogens with one attached hydrogen (secondary N) is 2. The summed E-state index contributed by atoms with van der Waals surface area (Å²) in [5.74, 6) is 1.41. The zero-order chi connectivity index (χ0) is 15.1. The average Bonchev–Trinajstić information content (AvgIpc) is 2.89. The number of H-pyrrole nitrogens is 2. The monoisotopic (exact) mass is 289 g/mol. The van der Waals surface area contributed by atoms with E-state index in [9.17, 15) is 4.79 Å². The Morgan fingerprint density at radius 1 is 1.19 bits per heavy atom. The van der Waals surface area contributed by atoms with Crippen molar-refractivity contribution in [2.75, 3.05) is 11.5 Å². The van der Waals surface area contributed by atoms with Gasteiger partial charge >= 0.3 is 5.69 Å². The molecule has 0 amide bonds. The average molecular weight is 289 g/mol. The van der Waals surface area contributed by atoms with E-state index in [-0.39, 0.29) is 11.7 Å². The van der Waals surface area contributed by atoms with Gasteiger partial charge in [-0.05, 0) is 31.7 Å². The molecule has 0 aromatic carbocycles. The van der Waals surface area contributed by atoms with Crippen molar-refractivity contribution in [3.63, 3.8) is 0 Å². The quantitative estimate of drug-likeness (QED) is 0.682. The molecule has 0 bridgehead atoms. The van der Waals surface area contributed by atoms with Crippen molar-refractivity contribution in [3.05, 3.63) is 22.2 Å². The zero-order valence-corrected chi connectivity index (χ0v) is 12.6. The summed E-state index contributed by atoms with van der Waals surface area (Å²) in [6, 6.07) is 2.13. The van der Waals surface area contributed by atoms with Gasteiger partial charge in [0.2, 0.25) is 0 Å². The van der Waals surface area contributed by atoms with E-state index in [1.165, 1.54) is 6.42 Å². The molecule has 0 aliphatic heterocycles. The number of hydrogen-bond acceptors (Lipinski definition) is 3. The number of anilines is 2. The first kappa shape index (κ1) is 13.9. The number of aromatic amines is 2. The predicted octanol–water partition coefficient (Wildman–Crippen LogP) is 2.40. The number of nitrogen functional groups attached to an aromatic ring is 2. The summed E-state index contributed by atoms with van der Waals surface area (Å²) in [7, 11) is 0. The highest BCUT2D eigenvalue weighted by molar-refractivity contribution is 5.79. The van der Waals surface area contributed by atoms with Gasteiger partial charge in [-0.1, -0.05) is 19.8 Å². The number of nitrogens with zero attached hydrogens (tertiary/aromatic N) is 1. The fourth-order valence-electron chi connectivity index (χ4n) is 3.54. The molecule has 2 aromatic rings. The molecule has 1 saturated carbocycles. The van der Waals surface area contributed by atoms with Crippen molar-refractivity contribution in [3.8, 4) is 11.3 Å². The lowest BCUT2D eigenvalue weighted by molar-refractivity contribution is 0.254. The van der Waals surface area contributed by atoms with Crippen LogP contribution in [0, 0.1) is 12.8 Å². The summed E-state index contributed by atoms with van der Waals surface area (Å²) in [5, 5.41) is 0. The SMILES string of the molecule is Cc1cc(-c2c(N)[nH]c(=O)n2C2CCCCC2C)c(N)[nH]1. The Kier molecular flexibility index (Phi) is 3.31. The summed E-state index contributed by atoms with van der Waals surface area (Å²) in [6.07, 6.45) is 4.53. The molecule has 114 valence electrons. The van der Waals surface area contributed by atoms with Crippen molar-refractivity contribution in [1.82, 2.24) is 14.5 Å². The van der Waals surface area contributed by atoms with Crippen LogP contribution in [0.4, 0.5) is 11.6 Å². The third-order valence-corrected chi connectivity index (χ3v) is 4.59. The van der Waals surface area contributed by atoms with Crippen molar-refractivity contribution in [1.29, 1.82) is 0 Å². The van der Waals surface area contributed by atoms with Gasteiger partial charge in [0.05, 0.1) is 5.69 Å². The van der Waals surface area contributed by atoms with E-state index in [4.69, 9.17) is 11.5 Å². The molecule has 2 unspecified atom stereocenters. The van der Waals surface area contributed by atoms with E-state index >= 15 is 0 Å². The summed E-state index contributed by atoms with van der Waals surface area (Å²) < 4.78 is 1.82. The lowest BCUT2D eigenvalue weighted by atomic mass is 9.85. The van der Waals surface area contributed by atoms with Gasteiger partial charge in [0, 0.05) is 17.3 Å². The van der Waals surface area contributed by atoms with E-state index in [1.807, 2.05) is 17.6 Å². The van der Waals surface area contributed by atoms with E-state index in [0.717, 1.165) is 36.2 Å². The second-order valence-electron chi connectivity index (χ2n) is 6.17. The Morgan fingerprint density at radius 3 is 2.52 bits per heavy atom. The third kappa shape index (κ3) is 2.24. The Bertz CT molecular complexity index is 708. The summed E-state index contributed by atoms with van der Waals surface area (Å²) in [6.45, 7) is 4.14. The molecule has 1 aliphatic rings. The number of nitrogens with two attached hydrogens (primary N) is 2.